The number of methoxy groups -OCH3 is 1. The number of hydrogen-bond donors (Lipinski definition) is 1. The van der Waals surface area contributed by atoms with Crippen molar-refractivity contribution in [1.29, 1.82) is 0 Å². The Morgan fingerprint density at radius 1 is 1.25 bits per heavy atom. The second-order valence-electron chi connectivity index (χ2n) is 5.93. The maximum atomic E-state index is 12.5. The Labute approximate surface area is 141 Å². The third-order valence-corrected chi connectivity index (χ3v) is 4.33. The molecule has 0 unspecified atom stereocenters. The molecule has 2 rings (SSSR count). The fourth-order valence-corrected chi connectivity index (χ4v) is 3.06. The summed E-state index contributed by atoms with van der Waals surface area (Å²) in [6.07, 6.45) is 1.67. The van der Waals surface area contributed by atoms with E-state index in [1.54, 1.807) is 24.3 Å². The average Bonchev–Trinajstić information content (AvgIpc) is 2.59. The van der Waals surface area contributed by atoms with Gasteiger partial charge in [-0.2, -0.15) is 0 Å². The van der Waals surface area contributed by atoms with Crippen LogP contribution in [-0.4, -0.2) is 29.8 Å². The normalized spacial score (nSPS) is 20.8. The van der Waals surface area contributed by atoms with Crippen molar-refractivity contribution < 1.29 is 24.2 Å². The summed E-state index contributed by atoms with van der Waals surface area (Å²) in [5, 5.41) is 10.5. The lowest BCUT2D eigenvalue weighted by molar-refractivity contribution is -0.137. The van der Waals surface area contributed by atoms with Crippen LogP contribution in [-0.2, 0) is 19.1 Å². The van der Waals surface area contributed by atoms with Gasteiger partial charge in [-0.05, 0) is 12.0 Å². The lowest BCUT2D eigenvalue weighted by atomic mass is 9.74. The molecule has 0 amide bonds. The molecule has 5 heteroatoms. The Balaban J connectivity index is 2.47. The van der Waals surface area contributed by atoms with Crippen molar-refractivity contribution in [2.75, 3.05) is 7.11 Å². The van der Waals surface area contributed by atoms with Gasteiger partial charge in [0.1, 0.15) is 11.7 Å². The molecule has 24 heavy (non-hydrogen) atoms. The highest BCUT2D eigenvalue weighted by molar-refractivity contribution is 6.09. The highest BCUT2D eigenvalue weighted by Crippen LogP contribution is 2.39. The highest BCUT2D eigenvalue weighted by atomic mass is 16.5. The van der Waals surface area contributed by atoms with Crippen molar-refractivity contribution in [3.8, 4) is 0 Å². The maximum absolute atomic E-state index is 12.5. The summed E-state index contributed by atoms with van der Waals surface area (Å²) >= 11 is 0. The number of esters is 1. The lowest BCUT2D eigenvalue weighted by Gasteiger charge is -2.28. The summed E-state index contributed by atoms with van der Waals surface area (Å²) in [4.78, 5) is 37.0. The largest absolute Gasteiger partial charge is 0.510 e. The van der Waals surface area contributed by atoms with Crippen molar-refractivity contribution >= 4 is 17.5 Å². The Morgan fingerprint density at radius 2 is 1.92 bits per heavy atom. The molecule has 1 aliphatic carbocycles. The smallest absolute Gasteiger partial charge is 0.337 e. The fraction of sp³-hybridized carbons (Fsp3) is 0.421. The van der Waals surface area contributed by atoms with Gasteiger partial charge in [-0.15, -0.1) is 0 Å². The van der Waals surface area contributed by atoms with Crippen LogP contribution >= 0.6 is 0 Å². The number of ether oxygens (including phenoxy) is 1. The number of benzene rings is 1. The summed E-state index contributed by atoms with van der Waals surface area (Å²) < 4.78 is 4.78. The van der Waals surface area contributed by atoms with Gasteiger partial charge < -0.3 is 9.84 Å². The molecule has 1 N–H and O–H groups in total. The molecule has 2 atom stereocenters. The second kappa shape index (κ2) is 7.90. The van der Waals surface area contributed by atoms with Crippen LogP contribution in [0.5, 0.6) is 0 Å². The number of aliphatic hydroxyl groups excluding tert-OH is 1. The van der Waals surface area contributed by atoms with Crippen molar-refractivity contribution in [2.45, 2.75) is 38.5 Å². The number of aliphatic hydroxyl groups is 1. The van der Waals surface area contributed by atoms with Crippen molar-refractivity contribution in [3.63, 3.8) is 0 Å². The van der Waals surface area contributed by atoms with Gasteiger partial charge in [0.2, 0.25) is 0 Å². The van der Waals surface area contributed by atoms with Gasteiger partial charge in [-0.25, -0.2) is 4.79 Å². The van der Waals surface area contributed by atoms with Crippen molar-refractivity contribution in [1.82, 2.24) is 0 Å². The van der Waals surface area contributed by atoms with Gasteiger partial charge in [-0.3, -0.25) is 9.59 Å². The first-order valence-electron chi connectivity index (χ1n) is 8.12. The standard InChI is InChI=1S/C19H22O5/c1-3-4-10-14(20)17-15(21)11-13(12-8-6-5-7-9-12)16(18(17)22)19(23)24-2/h5-9,13,17,22H,3-4,10-11H2,1-2H3/t13-,17-/m1/s1. The van der Waals surface area contributed by atoms with E-state index in [9.17, 15) is 19.5 Å². The first-order valence-corrected chi connectivity index (χ1v) is 8.12. The molecule has 0 heterocycles. The number of ketones is 2. The minimum atomic E-state index is -1.24. The number of rotatable bonds is 6. The van der Waals surface area contributed by atoms with Gasteiger partial charge in [0.25, 0.3) is 0 Å². The summed E-state index contributed by atoms with van der Waals surface area (Å²) in [6.45, 7) is 1.94. The summed E-state index contributed by atoms with van der Waals surface area (Å²) in [5.41, 5.74) is 0.746. The molecule has 0 saturated heterocycles. The zero-order valence-corrected chi connectivity index (χ0v) is 14.0. The summed E-state index contributed by atoms with van der Waals surface area (Å²) in [6, 6.07) is 8.99. The predicted octanol–water partition coefficient (Wildman–Crippen LogP) is 3.10. The zero-order valence-electron chi connectivity index (χ0n) is 14.0. The fourth-order valence-electron chi connectivity index (χ4n) is 3.06. The van der Waals surface area contributed by atoms with Gasteiger partial charge in [0, 0.05) is 18.8 Å². The number of carbonyl (C=O) groups excluding carboxylic acids is 3. The Bertz CT molecular complexity index is 660. The quantitative estimate of drug-likeness (QED) is 0.640. The molecule has 1 aromatic rings. The monoisotopic (exact) mass is 330 g/mol. The molecule has 1 aliphatic rings. The minimum Gasteiger partial charge on any atom is -0.510 e. The molecule has 0 aromatic heterocycles. The molecule has 1 aromatic carbocycles. The third kappa shape index (κ3) is 3.55. The molecular weight excluding hydrogens is 308 g/mol. The third-order valence-electron chi connectivity index (χ3n) is 4.33. The van der Waals surface area contributed by atoms with E-state index >= 15 is 0 Å². The Kier molecular flexibility index (Phi) is 5.90. The molecular formula is C19H22O5. The topological polar surface area (TPSA) is 80.7 Å². The van der Waals surface area contributed by atoms with Crippen LogP contribution in [0.25, 0.3) is 0 Å². The van der Waals surface area contributed by atoms with Gasteiger partial charge >= 0.3 is 5.97 Å². The van der Waals surface area contributed by atoms with E-state index in [0.29, 0.717) is 6.42 Å². The second-order valence-corrected chi connectivity index (χ2v) is 5.93. The molecule has 0 aliphatic heterocycles. The molecule has 128 valence electrons. The number of carbonyl (C=O) groups is 3. The maximum Gasteiger partial charge on any atom is 0.337 e. The van der Waals surface area contributed by atoms with Crippen LogP contribution in [0.1, 0.15) is 44.1 Å². The average molecular weight is 330 g/mol. The molecule has 5 nitrogen and oxygen atoms in total. The Hall–Kier alpha value is -2.43. The summed E-state index contributed by atoms with van der Waals surface area (Å²) in [5.74, 6) is -3.69. The van der Waals surface area contributed by atoms with E-state index in [2.05, 4.69) is 0 Å². The number of unbranched alkanes of at least 4 members (excludes halogenated alkanes) is 1. The van der Waals surface area contributed by atoms with Crippen molar-refractivity contribution in [2.24, 2.45) is 5.92 Å². The van der Waals surface area contributed by atoms with E-state index in [-0.39, 0.29) is 30.0 Å². The van der Waals surface area contributed by atoms with Crippen LogP contribution in [0.2, 0.25) is 0 Å². The number of Topliss-reactive ketones (excluding diaryl/α,β-unsaturated/α-hetero) is 2. The molecule has 0 bridgehead atoms. The number of hydrogen-bond acceptors (Lipinski definition) is 5. The van der Waals surface area contributed by atoms with Crippen LogP contribution in [0, 0.1) is 5.92 Å². The molecule has 0 spiro atoms. The van der Waals surface area contributed by atoms with Gasteiger partial charge in [0.15, 0.2) is 11.6 Å². The van der Waals surface area contributed by atoms with Crippen LogP contribution in [0.4, 0.5) is 0 Å². The van der Waals surface area contributed by atoms with E-state index in [4.69, 9.17) is 4.74 Å². The Morgan fingerprint density at radius 3 is 2.50 bits per heavy atom. The molecule has 0 saturated carbocycles. The van der Waals surface area contributed by atoms with Crippen LogP contribution in [0.15, 0.2) is 41.7 Å². The predicted molar refractivity (Wildman–Crippen MR) is 88.5 cm³/mol. The van der Waals surface area contributed by atoms with Crippen molar-refractivity contribution in [3.05, 3.63) is 47.2 Å². The minimum absolute atomic E-state index is 0.00103. The van der Waals surface area contributed by atoms with E-state index in [0.717, 1.165) is 12.0 Å². The first kappa shape index (κ1) is 17.9. The zero-order chi connectivity index (χ0) is 17.7. The molecule has 0 radical (unpaired) electrons. The van der Waals surface area contributed by atoms with Gasteiger partial charge in [-0.1, -0.05) is 43.7 Å². The number of allylic oxidation sites excluding steroid dienone is 1. The van der Waals surface area contributed by atoms with Crippen LogP contribution in [0.3, 0.4) is 0 Å². The van der Waals surface area contributed by atoms with Gasteiger partial charge in [0.05, 0.1) is 12.7 Å². The first-order chi connectivity index (χ1) is 11.5. The highest BCUT2D eigenvalue weighted by Gasteiger charge is 2.43. The SMILES string of the molecule is CCCCC(=O)[C@@H]1C(=O)C[C@H](c2ccccc2)C(C(=O)OC)=C1O. The van der Waals surface area contributed by atoms with Crippen LogP contribution < -0.4 is 0 Å². The van der Waals surface area contributed by atoms with E-state index in [1.807, 2.05) is 13.0 Å². The lowest BCUT2D eigenvalue weighted by Crippen LogP contribution is -2.35. The summed E-state index contributed by atoms with van der Waals surface area (Å²) in [7, 11) is 1.22. The van der Waals surface area contributed by atoms with E-state index in [1.165, 1.54) is 7.11 Å². The van der Waals surface area contributed by atoms with E-state index < -0.39 is 23.6 Å². The molecule has 0 fully saturated rings.